The molecule has 0 saturated carbocycles. The fourth-order valence-electron chi connectivity index (χ4n) is 4.34. The molecule has 0 heterocycles. The number of carbonyl (C=O) groups excluding carboxylic acids is 2. The van der Waals surface area contributed by atoms with Gasteiger partial charge >= 0.3 is 0 Å². The van der Waals surface area contributed by atoms with Crippen molar-refractivity contribution >= 4 is 27.5 Å². The van der Waals surface area contributed by atoms with Crippen molar-refractivity contribution in [1.82, 2.24) is 10.2 Å². The Morgan fingerprint density at radius 1 is 0.816 bits per heavy atom. The van der Waals surface area contributed by atoms with Crippen LogP contribution in [0.15, 0.2) is 77.7 Å². The van der Waals surface area contributed by atoms with E-state index in [0.717, 1.165) is 26.6 Å². The third-order valence-electron chi connectivity index (χ3n) is 6.14. The zero-order chi connectivity index (χ0) is 28.0. The number of aryl methyl sites for hydroxylation is 3. The fourth-order valence-corrected chi connectivity index (χ4v) is 5.76. The molecule has 0 aliphatic rings. The second-order valence-corrected chi connectivity index (χ2v) is 11.9. The monoisotopic (exact) mass is 535 g/mol. The number of carbonyl (C=O) groups is 2. The molecule has 3 aromatic carbocycles. The molecule has 1 N–H and O–H groups in total. The molecule has 0 aliphatic carbocycles. The van der Waals surface area contributed by atoms with Gasteiger partial charge in [0.15, 0.2) is 0 Å². The Bertz CT molecular complexity index is 1370. The summed E-state index contributed by atoms with van der Waals surface area (Å²) in [5.74, 6) is -0.776. The minimum absolute atomic E-state index is 0.0859. The lowest BCUT2D eigenvalue weighted by molar-refractivity contribution is -0.139. The average molecular weight is 536 g/mol. The van der Waals surface area contributed by atoms with Gasteiger partial charge in [0.2, 0.25) is 11.8 Å². The van der Waals surface area contributed by atoms with Gasteiger partial charge < -0.3 is 10.2 Å². The molecule has 2 amide bonds. The van der Waals surface area contributed by atoms with Crippen molar-refractivity contribution in [3.8, 4) is 0 Å². The molecule has 0 saturated heterocycles. The first-order valence-electron chi connectivity index (χ1n) is 12.7. The van der Waals surface area contributed by atoms with Crippen LogP contribution >= 0.6 is 0 Å². The lowest BCUT2D eigenvalue weighted by Gasteiger charge is -2.32. The van der Waals surface area contributed by atoms with E-state index >= 15 is 0 Å². The first-order valence-corrected chi connectivity index (χ1v) is 14.1. The maximum atomic E-state index is 13.9. The van der Waals surface area contributed by atoms with Gasteiger partial charge in [-0.2, -0.15) is 0 Å². The Kier molecular flexibility index (Phi) is 9.33. The van der Waals surface area contributed by atoms with E-state index in [1.165, 1.54) is 17.0 Å². The Labute approximate surface area is 226 Å². The third-order valence-corrected chi connectivity index (χ3v) is 7.93. The van der Waals surface area contributed by atoms with E-state index in [2.05, 4.69) is 5.32 Å². The summed E-state index contributed by atoms with van der Waals surface area (Å²) in [6.07, 6.45) is 0. The van der Waals surface area contributed by atoms with E-state index in [-0.39, 0.29) is 23.4 Å². The molecule has 0 radical (unpaired) electrons. The van der Waals surface area contributed by atoms with Crippen LogP contribution in [0.25, 0.3) is 0 Å². The number of anilines is 1. The van der Waals surface area contributed by atoms with E-state index in [4.69, 9.17) is 0 Å². The highest BCUT2D eigenvalue weighted by Gasteiger charge is 2.32. The van der Waals surface area contributed by atoms with Gasteiger partial charge in [-0.25, -0.2) is 8.42 Å². The van der Waals surface area contributed by atoms with Crippen LogP contribution in [0.1, 0.15) is 43.0 Å². The molecule has 1 atom stereocenters. The standard InChI is InChI=1S/C30H37N3O4S/c1-21(2)31-30(35)25(6)32(19-26-12-10-11-22(3)16-26)29(34)20-33(27-17-23(4)15-24(5)18-27)38(36,37)28-13-8-7-9-14-28/h7-18,21,25H,19-20H2,1-6H3,(H,31,35). The molecule has 202 valence electrons. The zero-order valence-electron chi connectivity index (χ0n) is 22.9. The van der Waals surface area contributed by atoms with E-state index < -0.39 is 28.5 Å². The Hall–Kier alpha value is -3.65. The molecule has 0 aliphatic heterocycles. The molecule has 3 aromatic rings. The summed E-state index contributed by atoms with van der Waals surface area (Å²) in [5, 5.41) is 2.87. The van der Waals surface area contributed by atoms with Crippen LogP contribution in [-0.4, -0.2) is 43.8 Å². The topological polar surface area (TPSA) is 86.8 Å². The summed E-state index contributed by atoms with van der Waals surface area (Å²) in [5.41, 5.74) is 4.03. The summed E-state index contributed by atoms with van der Waals surface area (Å²) in [7, 11) is -4.08. The molecule has 0 fully saturated rings. The Morgan fingerprint density at radius 2 is 1.45 bits per heavy atom. The third kappa shape index (κ3) is 7.22. The van der Waals surface area contributed by atoms with E-state index in [0.29, 0.717) is 5.69 Å². The molecular formula is C30H37N3O4S. The van der Waals surface area contributed by atoms with Crippen LogP contribution < -0.4 is 9.62 Å². The van der Waals surface area contributed by atoms with Crippen molar-refractivity contribution in [3.05, 3.63) is 95.1 Å². The van der Waals surface area contributed by atoms with Crippen LogP contribution in [0.4, 0.5) is 5.69 Å². The van der Waals surface area contributed by atoms with Crippen molar-refractivity contribution in [1.29, 1.82) is 0 Å². The quantitative estimate of drug-likeness (QED) is 0.406. The van der Waals surface area contributed by atoms with Gasteiger partial charge in [-0.1, -0.05) is 54.1 Å². The first kappa shape index (κ1) is 28.9. The maximum Gasteiger partial charge on any atom is 0.264 e. The van der Waals surface area contributed by atoms with E-state index in [1.54, 1.807) is 37.3 Å². The normalized spacial score (nSPS) is 12.2. The maximum absolute atomic E-state index is 13.9. The average Bonchev–Trinajstić information content (AvgIpc) is 2.84. The van der Waals surface area contributed by atoms with Crippen LogP contribution in [0.2, 0.25) is 0 Å². The number of rotatable bonds is 10. The van der Waals surface area contributed by atoms with Gasteiger partial charge in [-0.05, 0) is 82.5 Å². The predicted octanol–water partition coefficient (Wildman–Crippen LogP) is 4.75. The number of nitrogens with zero attached hydrogens (tertiary/aromatic N) is 2. The van der Waals surface area contributed by atoms with Crippen molar-refractivity contribution in [2.75, 3.05) is 10.8 Å². The highest BCUT2D eigenvalue weighted by Crippen LogP contribution is 2.26. The lowest BCUT2D eigenvalue weighted by Crippen LogP contribution is -2.52. The lowest BCUT2D eigenvalue weighted by atomic mass is 10.1. The second-order valence-electron chi connectivity index (χ2n) is 10.0. The van der Waals surface area contributed by atoms with Crippen LogP contribution in [-0.2, 0) is 26.2 Å². The van der Waals surface area contributed by atoms with Gasteiger partial charge in [0.25, 0.3) is 10.0 Å². The summed E-state index contributed by atoms with van der Waals surface area (Å²) in [4.78, 5) is 28.5. The van der Waals surface area contributed by atoms with Gasteiger partial charge in [0.05, 0.1) is 10.6 Å². The molecule has 1 unspecified atom stereocenters. The summed E-state index contributed by atoms with van der Waals surface area (Å²) >= 11 is 0. The zero-order valence-corrected chi connectivity index (χ0v) is 23.7. The Morgan fingerprint density at radius 3 is 2.03 bits per heavy atom. The van der Waals surface area contributed by atoms with E-state index in [9.17, 15) is 18.0 Å². The van der Waals surface area contributed by atoms with Gasteiger partial charge in [-0.15, -0.1) is 0 Å². The van der Waals surface area contributed by atoms with Gasteiger partial charge in [0, 0.05) is 12.6 Å². The number of benzene rings is 3. The number of sulfonamides is 1. The van der Waals surface area contributed by atoms with Crippen LogP contribution in [0.3, 0.4) is 0 Å². The van der Waals surface area contributed by atoms with Crippen molar-refractivity contribution in [3.63, 3.8) is 0 Å². The van der Waals surface area contributed by atoms with Crippen molar-refractivity contribution in [2.45, 2.75) is 65.1 Å². The van der Waals surface area contributed by atoms with Crippen molar-refractivity contribution < 1.29 is 18.0 Å². The van der Waals surface area contributed by atoms with Gasteiger partial charge in [0.1, 0.15) is 12.6 Å². The molecular weight excluding hydrogens is 498 g/mol. The van der Waals surface area contributed by atoms with Crippen LogP contribution in [0.5, 0.6) is 0 Å². The number of amides is 2. The molecule has 0 spiro atoms. The molecule has 0 aromatic heterocycles. The highest BCUT2D eigenvalue weighted by molar-refractivity contribution is 7.92. The van der Waals surface area contributed by atoms with Crippen molar-refractivity contribution in [2.24, 2.45) is 0 Å². The number of hydrogen-bond donors (Lipinski definition) is 1. The predicted molar refractivity (Wildman–Crippen MR) is 151 cm³/mol. The SMILES string of the molecule is Cc1cccc(CN(C(=O)CN(c2cc(C)cc(C)c2)S(=O)(=O)c2ccccc2)C(C)C(=O)NC(C)C)c1. The highest BCUT2D eigenvalue weighted by atomic mass is 32.2. The molecule has 0 bridgehead atoms. The smallest absolute Gasteiger partial charge is 0.264 e. The summed E-state index contributed by atoms with van der Waals surface area (Å²) < 4.78 is 28.8. The fraction of sp³-hybridized carbons (Fsp3) is 0.333. The first-order chi connectivity index (χ1) is 17.9. The largest absolute Gasteiger partial charge is 0.352 e. The minimum atomic E-state index is -4.08. The summed E-state index contributed by atoms with van der Waals surface area (Å²) in [6, 6.07) is 20.3. The molecule has 7 nitrogen and oxygen atoms in total. The minimum Gasteiger partial charge on any atom is -0.352 e. The molecule has 38 heavy (non-hydrogen) atoms. The van der Waals surface area contributed by atoms with E-state index in [1.807, 2.05) is 65.0 Å². The molecule has 8 heteroatoms. The molecule has 3 rings (SSSR count). The number of hydrogen-bond acceptors (Lipinski definition) is 4. The summed E-state index contributed by atoms with van der Waals surface area (Å²) in [6.45, 7) is 10.8. The second kappa shape index (κ2) is 12.3. The van der Waals surface area contributed by atoms with Crippen LogP contribution in [0, 0.1) is 20.8 Å². The van der Waals surface area contributed by atoms with Gasteiger partial charge in [-0.3, -0.25) is 13.9 Å². The Balaban J connectivity index is 2.06. The number of nitrogens with one attached hydrogen (secondary N) is 1.